The van der Waals surface area contributed by atoms with E-state index in [2.05, 4.69) is 37.8 Å². The molecule has 1 aromatic carbocycles. The number of benzene rings is 1. The molecule has 5 rings (SSSR count). The third kappa shape index (κ3) is 5.32. The van der Waals surface area contributed by atoms with Gasteiger partial charge in [-0.15, -0.1) is 5.10 Å². The van der Waals surface area contributed by atoms with Crippen molar-refractivity contribution in [3.05, 3.63) is 71.6 Å². The minimum absolute atomic E-state index is 0.123. The molecule has 10 heteroatoms. The van der Waals surface area contributed by atoms with Gasteiger partial charge in [0.15, 0.2) is 17.5 Å². The van der Waals surface area contributed by atoms with E-state index in [4.69, 9.17) is 4.98 Å². The molecule has 1 unspecified atom stereocenters. The molecule has 4 heterocycles. The Hall–Kier alpha value is -3.79. The van der Waals surface area contributed by atoms with Crippen molar-refractivity contribution in [2.75, 3.05) is 25.0 Å². The highest BCUT2D eigenvalue weighted by atomic mass is 19.1. The molecule has 1 aliphatic rings. The third-order valence-corrected chi connectivity index (χ3v) is 6.37. The first-order valence-corrected chi connectivity index (χ1v) is 11.9. The van der Waals surface area contributed by atoms with Gasteiger partial charge in [-0.05, 0) is 68.6 Å². The van der Waals surface area contributed by atoms with Gasteiger partial charge in [-0.25, -0.2) is 13.9 Å². The number of nitrogens with zero attached hydrogens (tertiary/aromatic N) is 5. The summed E-state index contributed by atoms with van der Waals surface area (Å²) in [5, 5.41) is 18.1. The lowest BCUT2D eigenvalue weighted by atomic mass is 9.99. The maximum Gasteiger partial charge on any atom is 0.235 e. The minimum atomic E-state index is -0.653. The average Bonchev–Trinajstić information content (AvgIpc) is 3.48. The molecule has 182 valence electrons. The van der Waals surface area contributed by atoms with Gasteiger partial charge in [0.2, 0.25) is 5.91 Å². The van der Waals surface area contributed by atoms with E-state index < -0.39 is 6.04 Å². The Bertz CT molecular complexity index is 1310. The van der Waals surface area contributed by atoms with Crippen LogP contribution in [-0.4, -0.2) is 55.2 Å². The Morgan fingerprint density at radius 1 is 1.23 bits per heavy atom. The Morgan fingerprint density at radius 3 is 2.71 bits per heavy atom. The van der Waals surface area contributed by atoms with Crippen LogP contribution in [0.1, 0.15) is 42.9 Å². The number of aromatic nitrogens is 5. The first kappa shape index (κ1) is 23.0. The van der Waals surface area contributed by atoms with E-state index in [1.54, 1.807) is 16.6 Å². The van der Waals surface area contributed by atoms with Crippen molar-refractivity contribution in [1.29, 1.82) is 0 Å². The highest BCUT2D eigenvalue weighted by Crippen LogP contribution is 2.25. The molecule has 0 saturated carbocycles. The van der Waals surface area contributed by atoms with Crippen LogP contribution in [0.5, 0.6) is 0 Å². The largest absolute Gasteiger partial charge is 0.341 e. The summed E-state index contributed by atoms with van der Waals surface area (Å²) in [5.41, 5.74) is 2.37. The summed E-state index contributed by atoms with van der Waals surface area (Å²) in [4.78, 5) is 20.0. The number of rotatable bonds is 7. The number of aromatic amines is 1. The number of H-pyrrole nitrogens is 1. The average molecular weight is 477 g/mol. The lowest BCUT2D eigenvalue weighted by molar-refractivity contribution is -0.123. The van der Waals surface area contributed by atoms with Gasteiger partial charge in [0.05, 0.1) is 6.54 Å². The molecule has 35 heavy (non-hydrogen) atoms. The number of hydrogen-bond donors (Lipinski definition) is 3. The van der Waals surface area contributed by atoms with Crippen LogP contribution in [0.3, 0.4) is 0 Å². The Labute approximate surface area is 202 Å². The number of fused-ring (bicyclic) bond motifs is 1. The Balaban J connectivity index is 1.46. The predicted molar refractivity (Wildman–Crippen MR) is 131 cm³/mol. The first-order valence-electron chi connectivity index (χ1n) is 11.9. The zero-order valence-electron chi connectivity index (χ0n) is 19.8. The van der Waals surface area contributed by atoms with E-state index in [1.165, 1.54) is 12.1 Å². The van der Waals surface area contributed by atoms with Crippen LogP contribution < -0.4 is 10.6 Å². The molecule has 0 aliphatic carbocycles. The van der Waals surface area contributed by atoms with Crippen LogP contribution in [0.2, 0.25) is 0 Å². The molecule has 0 bridgehead atoms. The van der Waals surface area contributed by atoms with Gasteiger partial charge in [-0.3, -0.25) is 14.8 Å². The standard InChI is InChI=1S/C25H29FN8O/c1-16-9-12-33(13-10-16)15-22(35)28-23(18-5-7-19(26)8-6-18)25-29-24(20-4-3-11-34(20)32-25)27-21-14-17(2)30-31-21/h3-8,11,14,16,23H,9-10,12-13,15H2,1-2H3,(H,28,35)(H2,27,29,30,31,32). The number of piperidine rings is 1. The third-order valence-electron chi connectivity index (χ3n) is 6.37. The molecule has 1 aliphatic heterocycles. The van der Waals surface area contributed by atoms with Crippen molar-refractivity contribution < 1.29 is 9.18 Å². The summed E-state index contributed by atoms with van der Waals surface area (Å²) < 4.78 is 15.4. The number of anilines is 2. The molecule has 0 spiro atoms. The van der Waals surface area contributed by atoms with Crippen molar-refractivity contribution in [1.82, 2.24) is 35.0 Å². The smallest absolute Gasteiger partial charge is 0.235 e. The van der Waals surface area contributed by atoms with Crippen LogP contribution in [0, 0.1) is 18.7 Å². The number of carbonyl (C=O) groups is 1. The second-order valence-corrected chi connectivity index (χ2v) is 9.23. The number of hydrogen-bond acceptors (Lipinski definition) is 6. The summed E-state index contributed by atoms with van der Waals surface area (Å²) in [5.74, 6) is 1.78. The number of aryl methyl sites for hydroxylation is 1. The van der Waals surface area contributed by atoms with Gasteiger partial charge in [-0.2, -0.15) is 5.10 Å². The minimum Gasteiger partial charge on any atom is -0.341 e. The molecule has 1 saturated heterocycles. The topological polar surface area (TPSA) is 103 Å². The molecule has 3 aromatic heterocycles. The molecular formula is C25H29FN8O. The van der Waals surface area contributed by atoms with Crippen LogP contribution in [0.15, 0.2) is 48.7 Å². The maximum absolute atomic E-state index is 13.7. The normalized spacial score (nSPS) is 15.9. The van der Waals surface area contributed by atoms with Crippen LogP contribution >= 0.6 is 0 Å². The van der Waals surface area contributed by atoms with E-state index in [-0.39, 0.29) is 11.7 Å². The number of halogens is 1. The number of nitrogens with one attached hydrogen (secondary N) is 3. The summed E-state index contributed by atoms with van der Waals surface area (Å²) in [6.45, 7) is 6.26. The number of likely N-dealkylation sites (tertiary alicyclic amines) is 1. The molecular weight excluding hydrogens is 447 g/mol. The molecule has 1 atom stereocenters. The molecule has 1 amide bonds. The van der Waals surface area contributed by atoms with Gasteiger partial charge in [0, 0.05) is 18.0 Å². The fourth-order valence-corrected chi connectivity index (χ4v) is 4.35. The molecule has 4 aromatic rings. The Morgan fingerprint density at radius 2 is 2.00 bits per heavy atom. The summed E-state index contributed by atoms with van der Waals surface area (Å²) in [6.07, 6.45) is 3.99. The number of carbonyl (C=O) groups excluding carboxylic acids is 1. The predicted octanol–water partition coefficient (Wildman–Crippen LogP) is 3.58. The monoisotopic (exact) mass is 476 g/mol. The van der Waals surface area contributed by atoms with Gasteiger partial charge in [0.1, 0.15) is 17.4 Å². The lowest BCUT2D eigenvalue weighted by Gasteiger charge is -2.30. The SMILES string of the molecule is Cc1cc(Nc2nc(C(NC(=O)CN3CCC(C)CC3)c3ccc(F)cc3)nn3cccc23)n[nH]1. The second-order valence-electron chi connectivity index (χ2n) is 9.23. The van der Waals surface area contributed by atoms with Crippen molar-refractivity contribution in [3.63, 3.8) is 0 Å². The first-order chi connectivity index (χ1) is 16.9. The highest BCUT2D eigenvalue weighted by molar-refractivity contribution is 5.79. The molecule has 1 fully saturated rings. The van der Waals surface area contributed by atoms with Crippen molar-refractivity contribution in [2.45, 2.75) is 32.7 Å². The van der Waals surface area contributed by atoms with Crippen molar-refractivity contribution in [3.8, 4) is 0 Å². The van der Waals surface area contributed by atoms with Gasteiger partial charge in [-0.1, -0.05) is 19.1 Å². The zero-order valence-corrected chi connectivity index (χ0v) is 19.8. The van der Waals surface area contributed by atoms with E-state index in [0.717, 1.165) is 37.1 Å². The van der Waals surface area contributed by atoms with Crippen LogP contribution in [-0.2, 0) is 4.79 Å². The molecule has 3 N–H and O–H groups in total. The lowest BCUT2D eigenvalue weighted by Crippen LogP contribution is -2.42. The van der Waals surface area contributed by atoms with Crippen molar-refractivity contribution >= 4 is 23.1 Å². The van der Waals surface area contributed by atoms with E-state index in [9.17, 15) is 9.18 Å². The fourth-order valence-electron chi connectivity index (χ4n) is 4.35. The summed E-state index contributed by atoms with van der Waals surface area (Å²) >= 11 is 0. The maximum atomic E-state index is 13.7. The number of amides is 1. The van der Waals surface area contributed by atoms with E-state index in [1.807, 2.05) is 31.3 Å². The highest BCUT2D eigenvalue weighted by Gasteiger charge is 2.24. The van der Waals surface area contributed by atoms with Crippen molar-refractivity contribution in [2.24, 2.45) is 5.92 Å². The van der Waals surface area contributed by atoms with Gasteiger partial charge in [0.25, 0.3) is 0 Å². The summed E-state index contributed by atoms with van der Waals surface area (Å²) in [6, 6.07) is 11.0. The van der Waals surface area contributed by atoms with E-state index >= 15 is 0 Å². The fraction of sp³-hybridized carbons (Fsp3) is 0.360. The second kappa shape index (κ2) is 9.83. The Kier molecular flexibility index (Phi) is 6.45. The molecule has 9 nitrogen and oxygen atoms in total. The van der Waals surface area contributed by atoms with Crippen LogP contribution in [0.25, 0.3) is 5.52 Å². The van der Waals surface area contributed by atoms with E-state index in [0.29, 0.717) is 35.5 Å². The zero-order chi connectivity index (χ0) is 24.4. The quantitative estimate of drug-likeness (QED) is 0.377. The van der Waals surface area contributed by atoms with Gasteiger partial charge >= 0.3 is 0 Å². The summed E-state index contributed by atoms with van der Waals surface area (Å²) in [7, 11) is 0. The van der Waals surface area contributed by atoms with Gasteiger partial charge < -0.3 is 10.6 Å². The molecule has 0 radical (unpaired) electrons. The van der Waals surface area contributed by atoms with Crippen LogP contribution in [0.4, 0.5) is 16.0 Å².